The average molecular weight is 773 g/mol. The minimum Gasteiger partial charge on any atom is -0.744 e. The fraction of sp³-hybridized carbons (Fsp3) is 0. The molecule has 5 aromatic rings. The van der Waals surface area contributed by atoms with Crippen LogP contribution in [0.3, 0.4) is 0 Å². The van der Waals surface area contributed by atoms with Crippen molar-refractivity contribution in [2.75, 3.05) is 11.5 Å². The summed E-state index contributed by atoms with van der Waals surface area (Å²) in [5.41, 5.74) is 8.01. The number of fused-ring (bicyclic) bond motifs is 1. The Morgan fingerprint density at radius 2 is 1.15 bits per heavy atom. The molecule has 0 aliphatic rings. The summed E-state index contributed by atoms with van der Waals surface area (Å²) in [5, 5.41) is 54.2. The molecule has 0 aliphatic carbocycles. The number of aromatic hydroxyl groups is 2. The van der Waals surface area contributed by atoms with Gasteiger partial charge in [0.25, 0.3) is 0 Å². The number of phenols is 2. The zero-order chi connectivity index (χ0) is 35.7. The quantitative estimate of drug-likeness (QED) is 0.0480. The van der Waals surface area contributed by atoms with Crippen LogP contribution in [0, 0.1) is 0 Å². The van der Waals surface area contributed by atoms with Crippen molar-refractivity contribution < 1.29 is 135 Å². The molecule has 23 heteroatoms. The Labute approximate surface area is 361 Å². The number of hydrogen-bond donors (Lipinski definition) is 4. The van der Waals surface area contributed by atoms with Crippen LogP contribution in [0.2, 0.25) is 0 Å². The van der Waals surface area contributed by atoms with E-state index < -0.39 is 86.6 Å². The number of carboxylic acids is 1. The van der Waals surface area contributed by atoms with E-state index in [0.29, 0.717) is 11.8 Å². The van der Waals surface area contributed by atoms with Gasteiger partial charge in [-0.05, 0) is 60.7 Å². The van der Waals surface area contributed by atoms with Gasteiger partial charge in [-0.3, -0.25) is 0 Å². The van der Waals surface area contributed by atoms with Crippen molar-refractivity contribution in [3.8, 4) is 11.5 Å². The van der Waals surface area contributed by atoms with Crippen molar-refractivity contribution in [2.45, 2.75) is 9.79 Å². The molecule has 0 aromatic heterocycles. The van der Waals surface area contributed by atoms with E-state index in [0.717, 1.165) is 18.2 Å². The molecule has 5 rings (SSSR count). The van der Waals surface area contributed by atoms with Gasteiger partial charge in [-0.2, -0.15) is 15.3 Å². The average Bonchev–Trinajstić information content (AvgIpc) is 3.03. The van der Waals surface area contributed by atoms with Gasteiger partial charge in [0.05, 0.1) is 39.0 Å². The summed E-state index contributed by atoms with van der Waals surface area (Å²) in [4.78, 5) is 8.87. The Bertz CT molecular complexity index is 2470. The predicted octanol–water partition coefficient (Wildman–Crippen LogP) is -4.15. The third-order valence-electron chi connectivity index (χ3n) is 6.61. The van der Waals surface area contributed by atoms with Gasteiger partial charge in [0.15, 0.2) is 5.75 Å². The number of nitrogens with zero attached hydrogens (tertiary/aromatic N) is 6. The molecule has 0 amide bonds. The number of phenolic OH excluding ortho intramolecular Hbond substituents is 1. The van der Waals surface area contributed by atoms with Gasteiger partial charge in [-0.25, -0.2) is 16.8 Å². The number of carbonyl (C=O) groups excluding carboxylic acids is 1. The first-order valence-electron chi connectivity index (χ1n) is 13.3. The summed E-state index contributed by atoms with van der Waals surface area (Å²) < 4.78 is 75.7. The molecule has 0 atom stereocenters. The second kappa shape index (κ2) is 18.1. The minimum atomic E-state index is -5.72. The number of anilines is 2. The van der Waals surface area contributed by atoms with Crippen LogP contribution >= 0.6 is 0 Å². The number of nitrogens with two attached hydrogens (primary N) is 2. The first-order valence-corrected chi connectivity index (χ1v) is 16.1. The molecule has 0 saturated carbocycles. The normalized spacial score (nSPS) is 11.7. The molecule has 6 N–H and O–H groups in total. The molecule has 5 aromatic carbocycles. The molecule has 0 bridgehead atoms. The number of aromatic carboxylic acids is 1. The Balaban J connectivity index is 0.00000312. The predicted molar refractivity (Wildman–Crippen MR) is 168 cm³/mol. The number of hydrogen-bond acceptors (Lipinski definition) is 18. The van der Waals surface area contributed by atoms with E-state index in [1.54, 1.807) is 18.2 Å². The monoisotopic (exact) mass is 772 g/mol. The summed E-state index contributed by atoms with van der Waals surface area (Å²) in [7, 11) is -11.2. The molecule has 52 heavy (non-hydrogen) atoms. The smallest absolute Gasteiger partial charge is 0.744 e. The van der Waals surface area contributed by atoms with Crippen molar-refractivity contribution in [2.24, 2.45) is 30.7 Å². The van der Waals surface area contributed by atoms with E-state index in [9.17, 15) is 46.1 Å². The molecular weight excluding hydrogens is 753 g/mol. The minimum absolute atomic E-state index is 0. The maximum atomic E-state index is 12.8. The summed E-state index contributed by atoms with van der Waals surface area (Å²) in [6.45, 7) is 0. The maximum Gasteiger partial charge on any atom is 1.00 e. The first kappa shape index (κ1) is 44.8. The van der Waals surface area contributed by atoms with Gasteiger partial charge >= 0.3 is 88.7 Å². The Kier molecular flexibility index (Phi) is 15.6. The Morgan fingerprint density at radius 3 is 1.71 bits per heavy atom. The Hall–Kier alpha value is -3.35. The van der Waals surface area contributed by atoms with Crippen LogP contribution in [0.1, 0.15) is 10.4 Å². The number of rotatable bonds is 9. The molecule has 0 heterocycles. The largest absolute Gasteiger partial charge is 1.00 e. The van der Waals surface area contributed by atoms with E-state index in [2.05, 4.69) is 30.7 Å². The summed E-state index contributed by atoms with van der Waals surface area (Å²) >= 11 is 0. The van der Waals surface area contributed by atoms with E-state index >= 15 is 0 Å². The molecule has 0 radical (unpaired) electrons. The topological polar surface area (TPSA) is 321 Å². The third-order valence-corrected chi connectivity index (χ3v) is 8.35. The second-order valence-corrected chi connectivity index (χ2v) is 12.5. The number of benzene rings is 5. The summed E-state index contributed by atoms with van der Waals surface area (Å²) in [6.07, 6.45) is 0. The molecular formula is C29H19N8Na3O10S2. The van der Waals surface area contributed by atoms with Crippen LogP contribution in [0.5, 0.6) is 11.5 Å². The van der Waals surface area contributed by atoms with Crippen LogP contribution in [-0.2, 0) is 20.2 Å². The molecule has 0 saturated heterocycles. The first-order chi connectivity index (χ1) is 23.1. The van der Waals surface area contributed by atoms with Crippen LogP contribution in [0.25, 0.3) is 10.8 Å². The van der Waals surface area contributed by atoms with Gasteiger partial charge < -0.3 is 40.7 Å². The zero-order valence-corrected chi connectivity index (χ0v) is 35.0. The van der Waals surface area contributed by atoms with Crippen LogP contribution in [-0.4, -0.2) is 42.1 Å². The summed E-state index contributed by atoms with van der Waals surface area (Å²) in [5.74, 6) is -3.66. The SMILES string of the molecule is Nc1ccc(N=Nc2c(S(=O)(=O)[O-])cc3c(N=Nc4ccccc4)c(S(=O)(=O)[O-])c(N=Nc4ccc(O)c(C(=O)[O-])c4)c(O)c3c2N)cc1.[Na+].[Na+].[Na+]. The van der Waals surface area contributed by atoms with Crippen LogP contribution in [0.4, 0.5) is 45.5 Å². The van der Waals surface area contributed by atoms with E-state index in [4.69, 9.17) is 11.5 Å². The Morgan fingerprint density at radius 1 is 0.635 bits per heavy atom. The van der Waals surface area contributed by atoms with Crippen molar-refractivity contribution >= 4 is 82.5 Å². The van der Waals surface area contributed by atoms with Gasteiger partial charge in [-0.1, -0.05) is 18.2 Å². The van der Waals surface area contributed by atoms with E-state index in [1.807, 2.05) is 0 Å². The number of azo groups is 3. The van der Waals surface area contributed by atoms with Crippen LogP contribution in [0.15, 0.2) is 119 Å². The molecule has 0 fully saturated rings. The van der Waals surface area contributed by atoms with Gasteiger partial charge in [0.2, 0.25) is 0 Å². The second-order valence-electron chi connectivity index (χ2n) is 9.86. The standard InChI is InChI=1S/C29H22N8O10S2.3Na/c30-14-6-8-16(9-7-14)33-36-25-21(48(42,43)44)13-19-22(23(25)31)27(39)26(37-34-17-10-11-20(38)18(12-17)29(40)41)28(49(45,46)47)24(19)35-32-15-4-2-1-3-5-15;;;/h1-13,38-39H,30-31H2,(H,40,41)(H,42,43,44)(H,45,46,47);;;/q;3*+1/p-3. The van der Waals surface area contributed by atoms with Crippen molar-refractivity contribution in [3.05, 3.63) is 84.4 Å². The van der Waals surface area contributed by atoms with Gasteiger partial charge in [0, 0.05) is 16.6 Å². The number of carboxylic acid groups (broad SMARTS) is 1. The number of carbonyl (C=O) groups is 1. The fourth-order valence-electron chi connectivity index (χ4n) is 4.40. The van der Waals surface area contributed by atoms with Crippen molar-refractivity contribution in [3.63, 3.8) is 0 Å². The van der Waals surface area contributed by atoms with Crippen molar-refractivity contribution in [1.82, 2.24) is 0 Å². The van der Waals surface area contributed by atoms with E-state index in [1.165, 1.54) is 36.4 Å². The summed E-state index contributed by atoms with van der Waals surface area (Å²) in [6, 6.07) is 16.7. The maximum absolute atomic E-state index is 12.8. The van der Waals surface area contributed by atoms with E-state index in [-0.39, 0.29) is 106 Å². The zero-order valence-electron chi connectivity index (χ0n) is 27.3. The number of nitrogen functional groups attached to an aromatic ring is 2. The molecule has 0 spiro atoms. The molecule has 0 unspecified atom stereocenters. The van der Waals surface area contributed by atoms with Gasteiger partial charge in [0.1, 0.15) is 47.9 Å². The molecule has 0 aliphatic heterocycles. The molecule has 18 nitrogen and oxygen atoms in total. The molecule has 250 valence electrons. The van der Waals surface area contributed by atoms with Crippen molar-refractivity contribution in [1.29, 1.82) is 0 Å². The third kappa shape index (κ3) is 9.99. The fourth-order valence-corrected chi connectivity index (χ4v) is 5.81. The van der Waals surface area contributed by atoms with Crippen LogP contribution < -0.4 is 105 Å². The van der Waals surface area contributed by atoms with Gasteiger partial charge in [-0.15, -0.1) is 15.3 Å².